The summed E-state index contributed by atoms with van der Waals surface area (Å²) in [6.07, 6.45) is 4.72. The van der Waals surface area contributed by atoms with Gasteiger partial charge in [0.25, 0.3) is 0 Å². The minimum Gasteiger partial charge on any atom is -0.399 e. The van der Waals surface area contributed by atoms with Crippen LogP contribution in [0, 0.1) is 0 Å². The van der Waals surface area contributed by atoms with E-state index in [-0.39, 0.29) is 0 Å². The molecule has 3 rings (SSSR count). The standard InChI is InChI=1S/C14H13N3/c15-12-5-3-4-11(8-12)9-14-16-10-13-6-1-2-7-17(13)14/h1-8,10H,9,15H2. The molecule has 2 aromatic heterocycles. The second-order valence-corrected chi connectivity index (χ2v) is 4.09. The molecule has 0 aliphatic rings. The highest BCUT2D eigenvalue weighted by Crippen LogP contribution is 2.13. The van der Waals surface area contributed by atoms with Crippen molar-refractivity contribution in [2.24, 2.45) is 0 Å². The smallest absolute Gasteiger partial charge is 0.117 e. The highest BCUT2D eigenvalue weighted by atomic mass is 15.0. The minimum atomic E-state index is 0.795. The van der Waals surface area contributed by atoms with Crippen molar-refractivity contribution in [2.75, 3.05) is 5.73 Å². The Labute approximate surface area is 99.5 Å². The zero-order chi connectivity index (χ0) is 11.7. The van der Waals surface area contributed by atoms with Gasteiger partial charge >= 0.3 is 0 Å². The van der Waals surface area contributed by atoms with Gasteiger partial charge in [0.05, 0.1) is 11.7 Å². The number of benzene rings is 1. The number of anilines is 1. The van der Waals surface area contributed by atoms with Crippen molar-refractivity contribution >= 4 is 11.2 Å². The summed E-state index contributed by atoms with van der Waals surface area (Å²) in [5.41, 5.74) is 8.87. The molecule has 2 N–H and O–H groups in total. The maximum Gasteiger partial charge on any atom is 0.117 e. The van der Waals surface area contributed by atoms with Gasteiger partial charge in [0.15, 0.2) is 0 Å². The molecule has 0 spiro atoms. The Kier molecular flexibility index (Phi) is 2.29. The molecule has 0 fully saturated rings. The molecule has 0 bridgehead atoms. The van der Waals surface area contributed by atoms with Crippen LogP contribution in [0.25, 0.3) is 5.52 Å². The summed E-state index contributed by atoms with van der Waals surface area (Å²) >= 11 is 0. The first-order valence-electron chi connectivity index (χ1n) is 5.58. The molecule has 3 nitrogen and oxygen atoms in total. The van der Waals surface area contributed by atoms with Gasteiger partial charge in [-0.1, -0.05) is 18.2 Å². The second-order valence-electron chi connectivity index (χ2n) is 4.09. The van der Waals surface area contributed by atoms with Crippen molar-refractivity contribution in [3.63, 3.8) is 0 Å². The largest absolute Gasteiger partial charge is 0.399 e. The van der Waals surface area contributed by atoms with Crippen LogP contribution >= 0.6 is 0 Å². The minimum absolute atomic E-state index is 0.795. The summed E-state index contributed by atoms with van der Waals surface area (Å²) < 4.78 is 2.10. The van der Waals surface area contributed by atoms with Crippen LogP contribution in [0.5, 0.6) is 0 Å². The van der Waals surface area contributed by atoms with Gasteiger partial charge < -0.3 is 10.1 Å². The van der Waals surface area contributed by atoms with Gasteiger partial charge in [-0.25, -0.2) is 4.98 Å². The first-order chi connectivity index (χ1) is 8.33. The van der Waals surface area contributed by atoms with Crippen LogP contribution in [0.4, 0.5) is 5.69 Å². The molecule has 0 saturated heterocycles. The van der Waals surface area contributed by atoms with E-state index in [1.54, 1.807) is 0 Å². The SMILES string of the molecule is Nc1cccc(Cc2ncc3ccccn23)c1. The first kappa shape index (κ1) is 9.90. The van der Waals surface area contributed by atoms with E-state index >= 15 is 0 Å². The summed E-state index contributed by atoms with van der Waals surface area (Å²) in [4.78, 5) is 4.44. The molecular weight excluding hydrogens is 210 g/mol. The molecule has 0 aliphatic heterocycles. The maximum absolute atomic E-state index is 5.77. The number of rotatable bonds is 2. The summed E-state index contributed by atoms with van der Waals surface area (Å²) in [6.45, 7) is 0. The Hall–Kier alpha value is -2.29. The summed E-state index contributed by atoms with van der Waals surface area (Å²) in [5, 5.41) is 0. The Morgan fingerprint density at radius 1 is 1.12 bits per heavy atom. The number of hydrogen-bond acceptors (Lipinski definition) is 2. The third-order valence-electron chi connectivity index (χ3n) is 2.83. The summed E-state index contributed by atoms with van der Waals surface area (Å²) in [6, 6.07) is 14.0. The Balaban J connectivity index is 2.00. The third kappa shape index (κ3) is 1.87. The van der Waals surface area contributed by atoms with Crippen molar-refractivity contribution in [1.29, 1.82) is 0 Å². The summed E-state index contributed by atoms with van der Waals surface area (Å²) in [7, 11) is 0. The highest BCUT2D eigenvalue weighted by Gasteiger charge is 2.03. The van der Waals surface area contributed by atoms with Crippen molar-refractivity contribution in [3.05, 3.63) is 66.2 Å². The third-order valence-corrected chi connectivity index (χ3v) is 2.83. The number of hydrogen-bond donors (Lipinski definition) is 1. The normalized spacial score (nSPS) is 10.8. The van der Waals surface area contributed by atoms with Crippen molar-refractivity contribution in [3.8, 4) is 0 Å². The molecule has 1 aromatic carbocycles. The predicted octanol–water partition coefficient (Wildman–Crippen LogP) is 2.51. The molecule has 0 atom stereocenters. The van der Waals surface area contributed by atoms with Crippen LogP contribution in [0.3, 0.4) is 0 Å². The zero-order valence-electron chi connectivity index (χ0n) is 9.38. The van der Waals surface area contributed by atoms with Crippen LogP contribution in [0.15, 0.2) is 54.9 Å². The fourth-order valence-electron chi connectivity index (χ4n) is 2.02. The molecule has 0 amide bonds. The van der Waals surface area contributed by atoms with Crippen molar-refractivity contribution in [1.82, 2.24) is 9.38 Å². The molecule has 17 heavy (non-hydrogen) atoms. The topological polar surface area (TPSA) is 43.3 Å². The van der Waals surface area contributed by atoms with Crippen LogP contribution in [0.2, 0.25) is 0 Å². The number of imidazole rings is 1. The van der Waals surface area contributed by atoms with Gasteiger partial charge in [0.2, 0.25) is 0 Å². The molecule has 0 saturated carbocycles. The lowest BCUT2D eigenvalue weighted by molar-refractivity contribution is 0.962. The van der Waals surface area contributed by atoms with Gasteiger partial charge in [-0.05, 0) is 29.8 Å². The van der Waals surface area contributed by atoms with Crippen LogP contribution in [-0.4, -0.2) is 9.38 Å². The number of aromatic nitrogens is 2. The van der Waals surface area contributed by atoms with E-state index in [1.165, 1.54) is 5.56 Å². The van der Waals surface area contributed by atoms with Crippen molar-refractivity contribution in [2.45, 2.75) is 6.42 Å². The molecule has 0 radical (unpaired) electrons. The zero-order valence-corrected chi connectivity index (χ0v) is 9.38. The number of nitrogens with zero attached hydrogens (tertiary/aromatic N) is 2. The van der Waals surface area contributed by atoms with Gasteiger partial charge in [-0.15, -0.1) is 0 Å². The lowest BCUT2D eigenvalue weighted by Gasteiger charge is -2.02. The van der Waals surface area contributed by atoms with Gasteiger partial charge in [0.1, 0.15) is 5.82 Å². The van der Waals surface area contributed by atoms with E-state index < -0.39 is 0 Å². The molecular formula is C14H13N3. The highest BCUT2D eigenvalue weighted by molar-refractivity contribution is 5.47. The fourth-order valence-corrected chi connectivity index (χ4v) is 2.02. The van der Waals surface area contributed by atoms with E-state index in [0.717, 1.165) is 23.4 Å². The van der Waals surface area contributed by atoms with Crippen LogP contribution in [-0.2, 0) is 6.42 Å². The van der Waals surface area contributed by atoms with Crippen LogP contribution < -0.4 is 5.73 Å². The van der Waals surface area contributed by atoms with E-state index in [0.29, 0.717) is 0 Å². The van der Waals surface area contributed by atoms with E-state index in [4.69, 9.17) is 5.73 Å². The van der Waals surface area contributed by atoms with E-state index in [9.17, 15) is 0 Å². The lowest BCUT2D eigenvalue weighted by Crippen LogP contribution is -1.96. The lowest BCUT2D eigenvalue weighted by atomic mass is 10.1. The Morgan fingerprint density at radius 3 is 2.94 bits per heavy atom. The monoisotopic (exact) mass is 223 g/mol. The number of pyridine rings is 1. The number of fused-ring (bicyclic) bond motifs is 1. The Bertz CT molecular complexity index is 655. The average Bonchev–Trinajstić information content (AvgIpc) is 2.73. The Morgan fingerprint density at radius 2 is 2.06 bits per heavy atom. The molecule has 0 aliphatic carbocycles. The summed E-state index contributed by atoms with van der Waals surface area (Å²) in [5.74, 6) is 1.03. The fraction of sp³-hybridized carbons (Fsp3) is 0.0714. The molecule has 3 aromatic rings. The maximum atomic E-state index is 5.77. The van der Waals surface area contributed by atoms with Crippen molar-refractivity contribution < 1.29 is 0 Å². The molecule has 84 valence electrons. The predicted molar refractivity (Wildman–Crippen MR) is 68.9 cm³/mol. The van der Waals surface area contributed by atoms with Gasteiger partial charge in [0, 0.05) is 18.3 Å². The first-order valence-corrected chi connectivity index (χ1v) is 5.58. The number of nitrogens with two attached hydrogens (primary N) is 1. The van der Waals surface area contributed by atoms with E-state index in [2.05, 4.69) is 21.5 Å². The van der Waals surface area contributed by atoms with Gasteiger partial charge in [-0.3, -0.25) is 0 Å². The quantitative estimate of drug-likeness (QED) is 0.678. The molecule has 0 unspecified atom stereocenters. The molecule has 3 heteroatoms. The second kappa shape index (κ2) is 3.94. The van der Waals surface area contributed by atoms with Gasteiger partial charge in [-0.2, -0.15) is 0 Å². The average molecular weight is 223 g/mol. The van der Waals surface area contributed by atoms with E-state index in [1.807, 2.05) is 42.7 Å². The number of nitrogen functional groups attached to an aromatic ring is 1. The molecule has 2 heterocycles. The van der Waals surface area contributed by atoms with Crippen LogP contribution in [0.1, 0.15) is 11.4 Å².